The molecule has 0 aliphatic heterocycles. The minimum absolute atomic E-state index is 0.626. The first-order valence-corrected chi connectivity index (χ1v) is 6.97. The minimum Gasteiger partial charge on any atom is -0.385 e. The summed E-state index contributed by atoms with van der Waals surface area (Å²) < 4.78 is 0. The smallest absolute Gasteiger partial charge is 0.0950 e. The third-order valence-corrected chi connectivity index (χ3v) is 4.86. The number of rotatable bonds is 2. The van der Waals surface area contributed by atoms with Crippen LogP contribution in [0.4, 0.5) is 0 Å². The Labute approximate surface area is 110 Å². The van der Waals surface area contributed by atoms with Crippen LogP contribution < -0.4 is 0 Å². The van der Waals surface area contributed by atoms with Crippen LogP contribution in [0.2, 0.25) is 5.02 Å². The summed E-state index contributed by atoms with van der Waals surface area (Å²) in [6, 6.07) is 10.0. The standard InChI is InChI=1S/C14H13ClOS/c15-12-6-8-17-13(12)9-14(16)7-5-10-3-1-2-4-11(10)14/h1-4,6,8,16H,5,7,9H2. The van der Waals surface area contributed by atoms with E-state index < -0.39 is 5.60 Å². The molecule has 1 aromatic carbocycles. The number of aryl methyl sites for hydroxylation is 1. The molecule has 1 aromatic heterocycles. The lowest BCUT2D eigenvalue weighted by Gasteiger charge is -2.23. The largest absolute Gasteiger partial charge is 0.385 e. The van der Waals surface area contributed by atoms with Gasteiger partial charge < -0.3 is 5.11 Å². The lowest BCUT2D eigenvalue weighted by molar-refractivity contribution is 0.0398. The Morgan fingerprint density at radius 2 is 2.12 bits per heavy atom. The Balaban J connectivity index is 1.96. The van der Waals surface area contributed by atoms with Crippen molar-refractivity contribution >= 4 is 22.9 Å². The van der Waals surface area contributed by atoms with Crippen LogP contribution >= 0.6 is 22.9 Å². The van der Waals surface area contributed by atoms with E-state index in [4.69, 9.17) is 11.6 Å². The van der Waals surface area contributed by atoms with Gasteiger partial charge in [-0.25, -0.2) is 0 Å². The molecule has 1 unspecified atom stereocenters. The van der Waals surface area contributed by atoms with Crippen molar-refractivity contribution in [2.45, 2.75) is 24.9 Å². The zero-order valence-electron chi connectivity index (χ0n) is 9.32. The second-order valence-corrected chi connectivity index (χ2v) is 5.97. The van der Waals surface area contributed by atoms with Gasteiger partial charge >= 0.3 is 0 Å². The highest BCUT2D eigenvalue weighted by atomic mass is 35.5. The molecule has 1 heterocycles. The van der Waals surface area contributed by atoms with Gasteiger partial charge in [-0.3, -0.25) is 0 Å². The van der Waals surface area contributed by atoms with E-state index in [1.807, 2.05) is 29.6 Å². The third kappa shape index (κ3) is 1.90. The fourth-order valence-electron chi connectivity index (χ4n) is 2.57. The minimum atomic E-state index is -0.731. The normalized spacial score (nSPS) is 22.7. The molecule has 0 saturated heterocycles. The first kappa shape index (κ1) is 11.3. The van der Waals surface area contributed by atoms with Crippen molar-refractivity contribution in [2.24, 2.45) is 0 Å². The number of hydrogen-bond acceptors (Lipinski definition) is 2. The number of benzene rings is 1. The third-order valence-electron chi connectivity index (χ3n) is 3.47. The molecule has 3 heteroatoms. The molecular formula is C14H13ClOS. The van der Waals surface area contributed by atoms with Gasteiger partial charge in [0, 0.05) is 11.3 Å². The molecule has 0 bridgehead atoms. The fourth-order valence-corrected chi connectivity index (χ4v) is 3.78. The van der Waals surface area contributed by atoms with E-state index >= 15 is 0 Å². The molecule has 0 spiro atoms. The van der Waals surface area contributed by atoms with E-state index in [1.54, 1.807) is 11.3 Å². The van der Waals surface area contributed by atoms with E-state index in [2.05, 4.69) is 6.07 Å². The van der Waals surface area contributed by atoms with E-state index in [1.165, 1.54) is 5.56 Å². The van der Waals surface area contributed by atoms with E-state index in [0.29, 0.717) is 6.42 Å². The summed E-state index contributed by atoms with van der Waals surface area (Å²) in [5.41, 5.74) is 1.61. The molecule has 0 radical (unpaired) electrons. The average molecular weight is 265 g/mol. The van der Waals surface area contributed by atoms with E-state index in [9.17, 15) is 5.11 Å². The maximum atomic E-state index is 10.8. The molecule has 0 amide bonds. The molecule has 1 N–H and O–H groups in total. The molecule has 1 aliphatic carbocycles. The predicted octanol–water partition coefficient (Wildman–Crippen LogP) is 3.78. The van der Waals surface area contributed by atoms with Crippen LogP contribution in [0, 0.1) is 0 Å². The van der Waals surface area contributed by atoms with Crippen molar-refractivity contribution < 1.29 is 5.11 Å². The van der Waals surface area contributed by atoms with E-state index in [-0.39, 0.29) is 0 Å². The van der Waals surface area contributed by atoms with Crippen LogP contribution in [-0.2, 0) is 18.4 Å². The highest BCUT2D eigenvalue weighted by Crippen LogP contribution is 2.41. The van der Waals surface area contributed by atoms with Gasteiger partial charge in [0.15, 0.2) is 0 Å². The Bertz CT molecular complexity index is 549. The van der Waals surface area contributed by atoms with Crippen LogP contribution in [0.25, 0.3) is 0 Å². The topological polar surface area (TPSA) is 20.2 Å². The van der Waals surface area contributed by atoms with Gasteiger partial charge in [-0.15, -0.1) is 11.3 Å². The molecule has 3 rings (SSSR count). The highest BCUT2D eigenvalue weighted by Gasteiger charge is 2.37. The Morgan fingerprint density at radius 3 is 2.88 bits per heavy atom. The molecule has 1 aliphatic rings. The van der Waals surface area contributed by atoms with Crippen LogP contribution in [0.15, 0.2) is 35.7 Å². The summed E-state index contributed by atoms with van der Waals surface area (Å²) in [7, 11) is 0. The van der Waals surface area contributed by atoms with Gasteiger partial charge in [-0.1, -0.05) is 35.9 Å². The van der Waals surface area contributed by atoms with Gasteiger partial charge in [-0.2, -0.15) is 0 Å². The molecule has 88 valence electrons. The van der Waals surface area contributed by atoms with Gasteiger partial charge in [-0.05, 0) is 35.4 Å². The van der Waals surface area contributed by atoms with Crippen molar-refractivity contribution in [3.05, 3.63) is 56.7 Å². The van der Waals surface area contributed by atoms with Crippen molar-refractivity contribution in [3.8, 4) is 0 Å². The summed E-state index contributed by atoms with van der Waals surface area (Å²) in [5, 5.41) is 13.5. The maximum Gasteiger partial charge on any atom is 0.0950 e. The van der Waals surface area contributed by atoms with Crippen molar-refractivity contribution in [1.82, 2.24) is 0 Å². The number of fused-ring (bicyclic) bond motifs is 1. The molecule has 0 saturated carbocycles. The average Bonchev–Trinajstić information content (AvgIpc) is 2.87. The maximum absolute atomic E-state index is 10.8. The summed E-state index contributed by atoms with van der Waals surface area (Å²) in [5.74, 6) is 0. The van der Waals surface area contributed by atoms with Crippen LogP contribution in [0.1, 0.15) is 22.4 Å². The second kappa shape index (κ2) is 4.13. The van der Waals surface area contributed by atoms with Crippen LogP contribution in [0.5, 0.6) is 0 Å². The fraction of sp³-hybridized carbons (Fsp3) is 0.286. The predicted molar refractivity (Wildman–Crippen MR) is 71.7 cm³/mol. The summed E-state index contributed by atoms with van der Waals surface area (Å²) in [4.78, 5) is 1.07. The van der Waals surface area contributed by atoms with Gasteiger partial charge in [0.25, 0.3) is 0 Å². The SMILES string of the molecule is OC1(Cc2sccc2Cl)CCc2ccccc21. The Kier molecular flexibility index (Phi) is 2.74. The Hall–Kier alpha value is -0.830. The summed E-state index contributed by atoms with van der Waals surface area (Å²) in [6.45, 7) is 0. The van der Waals surface area contributed by atoms with Crippen molar-refractivity contribution in [2.75, 3.05) is 0 Å². The Morgan fingerprint density at radius 1 is 1.29 bits per heavy atom. The van der Waals surface area contributed by atoms with Crippen molar-refractivity contribution in [3.63, 3.8) is 0 Å². The van der Waals surface area contributed by atoms with E-state index in [0.717, 1.165) is 28.3 Å². The molecule has 2 aromatic rings. The molecule has 17 heavy (non-hydrogen) atoms. The molecule has 0 fully saturated rings. The summed E-state index contributed by atoms with van der Waals surface area (Å²) >= 11 is 7.72. The first-order valence-electron chi connectivity index (χ1n) is 5.72. The monoisotopic (exact) mass is 264 g/mol. The number of aliphatic hydroxyl groups is 1. The number of thiophene rings is 1. The van der Waals surface area contributed by atoms with Crippen molar-refractivity contribution in [1.29, 1.82) is 0 Å². The summed E-state index contributed by atoms with van der Waals surface area (Å²) in [6.07, 6.45) is 2.37. The molecular weight excluding hydrogens is 252 g/mol. The molecule has 1 atom stereocenters. The van der Waals surface area contributed by atoms with Gasteiger partial charge in [0.05, 0.1) is 10.6 Å². The lowest BCUT2D eigenvalue weighted by Crippen LogP contribution is -2.24. The highest BCUT2D eigenvalue weighted by molar-refractivity contribution is 7.10. The van der Waals surface area contributed by atoms with Crippen LogP contribution in [-0.4, -0.2) is 5.11 Å². The number of hydrogen-bond donors (Lipinski definition) is 1. The van der Waals surface area contributed by atoms with Gasteiger partial charge in [0.2, 0.25) is 0 Å². The van der Waals surface area contributed by atoms with Gasteiger partial charge in [0.1, 0.15) is 0 Å². The lowest BCUT2D eigenvalue weighted by atomic mass is 9.92. The quantitative estimate of drug-likeness (QED) is 0.875. The zero-order valence-corrected chi connectivity index (χ0v) is 10.9. The molecule has 1 nitrogen and oxygen atoms in total. The van der Waals surface area contributed by atoms with Crippen LogP contribution in [0.3, 0.4) is 0 Å². The zero-order chi connectivity index (χ0) is 11.9. The second-order valence-electron chi connectivity index (χ2n) is 4.56. The number of halogens is 1. The first-order chi connectivity index (χ1) is 8.19.